The Labute approximate surface area is 123 Å². The van der Waals surface area contributed by atoms with Crippen LogP contribution in [0.1, 0.15) is 16.8 Å². The first kappa shape index (κ1) is 13.3. The van der Waals surface area contributed by atoms with Crippen molar-refractivity contribution in [2.75, 3.05) is 5.73 Å². The summed E-state index contributed by atoms with van der Waals surface area (Å²) in [4.78, 5) is 8.56. The maximum absolute atomic E-state index is 6.07. The molecule has 0 spiro atoms. The van der Waals surface area contributed by atoms with E-state index < -0.39 is 0 Å². The van der Waals surface area contributed by atoms with Crippen LogP contribution < -0.4 is 5.73 Å². The number of nitrogens with zero attached hydrogens (tertiary/aromatic N) is 4. The highest BCUT2D eigenvalue weighted by molar-refractivity contribution is 5.70. The van der Waals surface area contributed by atoms with Gasteiger partial charge in [-0.1, -0.05) is 29.8 Å². The van der Waals surface area contributed by atoms with Gasteiger partial charge in [-0.2, -0.15) is 5.10 Å². The number of nitrogens with two attached hydrogens (primary N) is 1. The SMILES string of the molecule is Cc1cccc(Cn2cc(N)c(-c3nccnc3C)n2)c1. The van der Waals surface area contributed by atoms with Crippen molar-refractivity contribution < 1.29 is 0 Å². The lowest BCUT2D eigenvalue weighted by molar-refractivity contribution is 0.688. The molecule has 5 nitrogen and oxygen atoms in total. The van der Waals surface area contributed by atoms with Gasteiger partial charge in [0, 0.05) is 18.6 Å². The lowest BCUT2D eigenvalue weighted by atomic mass is 10.1. The van der Waals surface area contributed by atoms with Gasteiger partial charge in [-0.15, -0.1) is 0 Å². The molecule has 2 N–H and O–H groups in total. The fourth-order valence-corrected chi connectivity index (χ4v) is 2.34. The maximum atomic E-state index is 6.07. The van der Waals surface area contributed by atoms with Gasteiger partial charge < -0.3 is 5.73 Å². The van der Waals surface area contributed by atoms with E-state index in [0.29, 0.717) is 17.9 Å². The van der Waals surface area contributed by atoms with Crippen molar-refractivity contribution in [3.8, 4) is 11.4 Å². The van der Waals surface area contributed by atoms with Gasteiger partial charge in [0.2, 0.25) is 0 Å². The van der Waals surface area contributed by atoms with Gasteiger partial charge in [0.15, 0.2) is 0 Å². The molecule has 0 unspecified atom stereocenters. The predicted molar refractivity (Wildman–Crippen MR) is 82.7 cm³/mol. The Morgan fingerprint density at radius 3 is 2.67 bits per heavy atom. The van der Waals surface area contributed by atoms with Crippen molar-refractivity contribution in [3.63, 3.8) is 0 Å². The number of aryl methyl sites for hydroxylation is 2. The van der Waals surface area contributed by atoms with Crippen molar-refractivity contribution >= 4 is 5.69 Å². The molecule has 0 amide bonds. The first-order valence-electron chi connectivity index (χ1n) is 6.80. The summed E-state index contributed by atoms with van der Waals surface area (Å²) in [5, 5.41) is 4.55. The quantitative estimate of drug-likeness (QED) is 0.800. The van der Waals surface area contributed by atoms with Gasteiger partial charge in [-0.25, -0.2) is 0 Å². The Hall–Kier alpha value is -2.69. The Balaban J connectivity index is 1.93. The highest BCUT2D eigenvalue weighted by Gasteiger charge is 2.13. The third-order valence-corrected chi connectivity index (χ3v) is 3.32. The third kappa shape index (κ3) is 2.76. The molecule has 0 radical (unpaired) electrons. The van der Waals surface area contributed by atoms with Crippen LogP contribution in [0.4, 0.5) is 5.69 Å². The number of rotatable bonds is 3. The van der Waals surface area contributed by atoms with Gasteiger partial charge in [0.05, 0.1) is 17.9 Å². The minimum atomic E-state index is 0.617. The van der Waals surface area contributed by atoms with Crippen molar-refractivity contribution in [1.29, 1.82) is 0 Å². The number of anilines is 1. The molecule has 5 heteroatoms. The Kier molecular flexibility index (Phi) is 3.39. The van der Waals surface area contributed by atoms with Gasteiger partial charge in [-0.05, 0) is 19.4 Å². The Bertz CT molecular complexity index is 776. The van der Waals surface area contributed by atoms with E-state index >= 15 is 0 Å². The van der Waals surface area contributed by atoms with Gasteiger partial charge in [0.25, 0.3) is 0 Å². The van der Waals surface area contributed by atoms with Crippen molar-refractivity contribution in [2.24, 2.45) is 0 Å². The molecule has 0 saturated carbocycles. The van der Waals surface area contributed by atoms with Crippen LogP contribution in [0.25, 0.3) is 11.4 Å². The van der Waals surface area contributed by atoms with E-state index in [1.54, 1.807) is 12.4 Å². The van der Waals surface area contributed by atoms with Crippen LogP contribution in [0.2, 0.25) is 0 Å². The summed E-state index contributed by atoms with van der Waals surface area (Å²) < 4.78 is 1.84. The fraction of sp³-hybridized carbons (Fsp3) is 0.188. The van der Waals surface area contributed by atoms with Gasteiger partial charge in [-0.3, -0.25) is 14.6 Å². The average molecular weight is 279 g/mol. The predicted octanol–water partition coefficient (Wildman–Crippen LogP) is 2.59. The van der Waals surface area contributed by atoms with Crippen LogP contribution in [0, 0.1) is 13.8 Å². The van der Waals surface area contributed by atoms with Gasteiger partial charge >= 0.3 is 0 Å². The van der Waals surface area contributed by atoms with E-state index in [2.05, 4.69) is 40.2 Å². The van der Waals surface area contributed by atoms with Crippen LogP contribution in [0.3, 0.4) is 0 Å². The first-order valence-corrected chi connectivity index (χ1v) is 6.80. The van der Waals surface area contributed by atoms with Crippen molar-refractivity contribution in [3.05, 3.63) is 59.7 Å². The smallest absolute Gasteiger partial charge is 0.135 e. The molecule has 0 aliphatic rings. The molecule has 0 fully saturated rings. The highest BCUT2D eigenvalue weighted by atomic mass is 15.3. The van der Waals surface area contributed by atoms with Crippen LogP contribution in [0.5, 0.6) is 0 Å². The van der Waals surface area contributed by atoms with Crippen LogP contribution in [-0.4, -0.2) is 19.7 Å². The lowest BCUT2D eigenvalue weighted by Crippen LogP contribution is -2.01. The Morgan fingerprint density at radius 2 is 1.90 bits per heavy atom. The summed E-state index contributed by atoms with van der Waals surface area (Å²) in [6, 6.07) is 8.35. The Morgan fingerprint density at radius 1 is 1.10 bits per heavy atom. The van der Waals surface area contributed by atoms with Gasteiger partial charge in [0.1, 0.15) is 11.4 Å². The van der Waals surface area contributed by atoms with E-state index in [1.165, 1.54) is 11.1 Å². The second kappa shape index (κ2) is 5.36. The van der Waals surface area contributed by atoms with E-state index in [9.17, 15) is 0 Å². The van der Waals surface area contributed by atoms with Crippen molar-refractivity contribution in [2.45, 2.75) is 20.4 Å². The van der Waals surface area contributed by atoms with Crippen LogP contribution in [0.15, 0.2) is 42.9 Å². The van der Waals surface area contributed by atoms with Crippen LogP contribution >= 0.6 is 0 Å². The van der Waals surface area contributed by atoms with E-state index in [4.69, 9.17) is 5.73 Å². The minimum Gasteiger partial charge on any atom is -0.396 e. The summed E-state index contributed by atoms with van der Waals surface area (Å²) in [5.41, 5.74) is 11.4. The second-order valence-electron chi connectivity index (χ2n) is 5.11. The number of hydrogen-bond donors (Lipinski definition) is 1. The molecule has 21 heavy (non-hydrogen) atoms. The standard InChI is InChI=1S/C16H17N5/c1-11-4-3-5-13(8-11)9-21-10-14(17)16(20-21)15-12(2)18-6-7-19-15/h3-8,10H,9,17H2,1-2H3. The molecular weight excluding hydrogens is 262 g/mol. The second-order valence-corrected chi connectivity index (χ2v) is 5.11. The number of hydrogen-bond acceptors (Lipinski definition) is 4. The normalized spacial score (nSPS) is 10.8. The molecule has 0 aliphatic carbocycles. The molecule has 2 heterocycles. The summed E-state index contributed by atoms with van der Waals surface area (Å²) in [7, 11) is 0. The summed E-state index contributed by atoms with van der Waals surface area (Å²) in [6.45, 7) is 4.67. The number of benzene rings is 1. The first-order chi connectivity index (χ1) is 10.1. The largest absolute Gasteiger partial charge is 0.396 e. The zero-order chi connectivity index (χ0) is 14.8. The molecule has 0 atom stereocenters. The molecule has 2 aromatic heterocycles. The molecule has 106 valence electrons. The maximum Gasteiger partial charge on any atom is 0.135 e. The highest BCUT2D eigenvalue weighted by Crippen LogP contribution is 2.24. The zero-order valence-corrected chi connectivity index (χ0v) is 12.1. The molecule has 3 aromatic rings. The fourth-order valence-electron chi connectivity index (χ4n) is 2.34. The van der Waals surface area contributed by atoms with E-state index in [1.807, 2.05) is 23.9 Å². The molecule has 0 bridgehead atoms. The zero-order valence-electron chi connectivity index (χ0n) is 12.1. The molecule has 3 rings (SSSR count). The summed E-state index contributed by atoms with van der Waals surface area (Å²) >= 11 is 0. The molecule has 0 aliphatic heterocycles. The molecule has 1 aromatic carbocycles. The third-order valence-electron chi connectivity index (χ3n) is 3.32. The lowest BCUT2D eigenvalue weighted by Gasteiger charge is -2.03. The topological polar surface area (TPSA) is 69.6 Å². The molecular formula is C16H17N5. The van der Waals surface area contributed by atoms with Crippen molar-refractivity contribution in [1.82, 2.24) is 19.7 Å². The van der Waals surface area contributed by atoms with E-state index in [0.717, 1.165) is 11.4 Å². The number of aromatic nitrogens is 4. The number of nitrogen functional groups attached to an aromatic ring is 1. The minimum absolute atomic E-state index is 0.617. The monoisotopic (exact) mass is 279 g/mol. The summed E-state index contributed by atoms with van der Waals surface area (Å²) in [6.07, 6.45) is 5.16. The summed E-state index contributed by atoms with van der Waals surface area (Å²) in [5.74, 6) is 0. The van der Waals surface area contributed by atoms with E-state index in [-0.39, 0.29) is 0 Å². The molecule has 0 saturated heterocycles. The average Bonchev–Trinajstić information content (AvgIpc) is 2.80. The van der Waals surface area contributed by atoms with Crippen LogP contribution in [-0.2, 0) is 6.54 Å².